The smallest absolute Gasteiger partial charge is 0.277 e. The number of hydrogen-bond donors (Lipinski definition) is 2. The van der Waals surface area contributed by atoms with E-state index in [2.05, 4.69) is 15.8 Å². The first-order valence-corrected chi connectivity index (χ1v) is 7.06. The van der Waals surface area contributed by atoms with Crippen LogP contribution in [0.15, 0.2) is 65.0 Å². The molecule has 0 aliphatic rings. The summed E-state index contributed by atoms with van der Waals surface area (Å²) in [6, 6.07) is 15.9. The zero-order chi connectivity index (χ0) is 17.2. The molecule has 24 heavy (non-hydrogen) atoms. The summed E-state index contributed by atoms with van der Waals surface area (Å²) in [7, 11) is 0. The van der Waals surface area contributed by atoms with E-state index in [1.165, 1.54) is 6.21 Å². The first-order chi connectivity index (χ1) is 11.7. The number of nitrogens with one attached hydrogen (secondary N) is 1. The molecular weight excluding hydrogens is 312 g/mol. The predicted octanol–water partition coefficient (Wildman–Crippen LogP) is 2.07. The van der Waals surface area contributed by atoms with Crippen LogP contribution in [0.2, 0.25) is 0 Å². The van der Waals surface area contributed by atoms with Crippen molar-refractivity contribution in [3.63, 3.8) is 0 Å². The van der Waals surface area contributed by atoms with Gasteiger partial charge in [-0.25, -0.2) is 5.43 Å². The van der Waals surface area contributed by atoms with E-state index in [-0.39, 0.29) is 18.0 Å². The maximum Gasteiger partial charge on any atom is 0.277 e. The topological polar surface area (TPSA) is 109 Å². The number of hydrazone groups is 1. The zero-order valence-corrected chi connectivity index (χ0v) is 12.7. The number of carbonyl (C=O) groups is 1. The fourth-order valence-electron chi connectivity index (χ4n) is 1.78. The average Bonchev–Trinajstić information content (AvgIpc) is 2.62. The van der Waals surface area contributed by atoms with Crippen molar-refractivity contribution in [3.8, 4) is 5.75 Å². The molecule has 0 aromatic heterocycles. The normalized spacial score (nSPS) is 11.4. The number of amides is 1. The maximum absolute atomic E-state index is 11.6. The van der Waals surface area contributed by atoms with Gasteiger partial charge in [-0.1, -0.05) is 35.2 Å². The van der Waals surface area contributed by atoms with E-state index in [9.17, 15) is 10.0 Å². The van der Waals surface area contributed by atoms with Crippen LogP contribution in [0.3, 0.4) is 0 Å². The van der Waals surface area contributed by atoms with Gasteiger partial charge in [0.05, 0.1) is 6.21 Å². The number of ether oxygens (including phenoxy) is 1. The van der Waals surface area contributed by atoms with Crippen molar-refractivity contribution in [2.45, 2.75) is 6.54 Å². The van der Waals surface area contributed by atoms with Gasteiger partial charge in [0.2, 0.25) is 6.54 Å². The summed E-state index contributed by atoms with van der Waals surface area (Å²) in [6.07, 6.45) is 1.54. The monoisotopic (exact) mass is 328 g/mol. The van der Waals surface area contributed by atoms with Crippen LogP contribution in [-0.4, -0.2) is 28.8 Å². The summed E-state index contributed by atoms with van der Waals surface area (Å²) in [6.45, 7) is -0.267. The Kier molecular flexibility index (Phi) is 6.27. The van der Waals surface area contributed by atoms with E-state index in [1.807, 2.05) is 30.3 Å². The molecule has 0 aliphatic carbocycles. The van der Waals surface area contributed by atoms with Gasteiger partial charge < -0.3 is 15.2 Å². The highest BCUT2D eigenvalue weighted by molar-refractivity contribution is 5.82. The Hall–Kier alpha value is -3.42. The van der Waals surface area contributed by atoms with E-state index in [0.29, 0.717) is 11.3 Å². The van der Waals surface area contributed by atoms with E-state index in [4.69, 9.17) is 9.94 Å². The van der Waals surface area contributed by atoms with Crippen molar-refractivity contribution >= 4 is 12.1 Å². The Morgan fingerprint density at radius 3 is 2.58 bits per heavy atom. The third-order valence-electron chi connectivity index (χ3n) is 2.91. The summed E-state index contributed by atoms with van der Waals surface area (Å²) >= 11 is 0. The molecule has 8 heteroatoms. The van der Waals surface area contributed by atoms with Crippen LogP contribution in [0.1, 0.15) is 11.1 Å². The summed E-state index contributed by atoms with van der Waals surface area (Å²) in [5.41, 5.74) is 3.88. The van der Waals surface area contributed by atoms with E-state index >= 15 is 0 Å². The van der Waals surface area contributed by atoms with Crippen LogP contribution >= 0.6 is 0 Å². The highest BCUT2D eigenvalue weighted by Gasteiger charge is 2.03. The Bertz CT molecular complexity index is 715. The largest absolute Gasteiger partial charge is 0.597 e. The molecule has 0 atom stereocenters. The second kappa shape index (κ2) is 8.89. The van der Waals surface area contributed by atoms with Crippen molar-refractivity contribution in [3.05, 3.63) is 70.9 Å². The second-order valence-corrected chi connectivity index (χ2v) is 4.74. The minimum Gasteiger partial charge on any atom is -0.597 e. The van der Waals surface area contributed by atoms with Crippen molar-refractivity contribution < 1.29 is 19.6 Å². The molecule has 2 aromatic rings. The quantitative estimate of drug-likeness (QED) is 0.351. The van der Waals surface area contributed by atoms with Gasteiger partial charge in [0.25, 0.3) is 5.91 Å². The lowest BCUT2D eigenvalue weighted by molar-refractivity contribution is -0.570. The SMILES string of the molecule is O=C(COc1ccc(C[N+]([O-])=NO)cc1)N/N=C/c1ccccc1. The number of nitrogens with zero attached hydrogens (tertiary/aromatic N) is 3. The Balaban J connectivity index is 1.76. The van der Waals surface area contributed by atoms with Gasteiger partial charge >= 0.3 is 0 Å². The summed E-state index contributed by atoms with van der Waals surface area (Å²) in [4.78, 5) is 11.8. The Morgan fingerprint density at radius 1 is 1.21 bits per heavy atom. The fourth-order valence-corrected chi connectivity index (χ4v) is 1.78. The standard InChI is InChI=1S/C16H16N4O4/c21-16(18-17-10-13-4-2-1-3-5-13)12-24-15-8-6-14(7-9-15)11-20(23)19-22/h1-10,22H,11-12H2,(H,18,21)/b17-10+,20-19?. The van der Waals surface area contributed by atoms with Crippen LogP contribution in [0.5, 0.6) is 5.75 Å². The molecule has 0 fully saturated rings. The van der Waals surface area contributed by atoms with Crippen molar-refractivity contribution in [1.29, 1.82) is 0 Å². The lowest BCUT2D eigenvalue weighted by Crippen LogP contribution is -2.24. The highest BCUT2D eigenvalue weighted by Crippen LogP contribution is 2.12. The highest BCUT2D eigenvalue weighted by atomic mass is 16.6. The number of benzene rings is 2. The number of carbonyl (C=O) groups excluding carboxylic acids is 1. The lowest BCUT2D eigenvalue weighted by atomic mass is 10.2. The molecule has 2 rings (SSSR count). The van der Waals surface area contributed by atoms with Gasteiger partial charge in [-0.3, -0.25) is 4.79 Å². The number of hydroxylamine groups is 1. The van der Waals surface area contributed by atoms with Crippen LogP contribution in [-0.2, 0) is 11.3 Å². The molecule has 0 bridgehead atoms. The summed E-state index contributed by atoms with van der Waals surface area (Å²) in [5, 5.41) is 25.5. The van der Waals surface area contributed by atoms with Gasteiger partial charge in [0, 0.05) is 5.56 Å². The fraction of sp³-hybridized carbons (Fsp3) is 0.125. The maximum atomic E-state index is 11.6. The zero-order valence-electron chi connectivity index (χ0n) is 12.7. The first kappa shape index (κ1) is 16.9. The van der Waals surface area contributed by atoms with Crippen molar-refractivity contribution in [2.24, 2.45) is 10.4 Å². The van der Waals surface area contributed by atoms with Crippen LogP contribution in [0.25, 0.3) is 0 Å². The summed E-state index contributed by atoms with van der Waals surface area (Å²) in [5.74, 6) is 0.0791. The minimum absolute atomic E-state index is 0.0779. The van der Waals surface area contributed by atoms with Crippen molar-refractivity contribution in [2.75, 3.05) is 6.61 Å². The van der Waals surface area contributed by atoms with Gasteiger partial charge in [-0.05, 0) is 29.8 Å². The molecule has 2 aromatic carbocycles. The molecule has 0 aliphatic heterocycles. The molecule has 0 unspecified atom stereocenters. The number of rotatable bonds is 7. The second-order valence-electron chi connectivity index (χ2n) is 4.74. The Morgan fingerprint density at radius 2 is 1.92 bits per heavy atom. The third kappa shape index (κ3) is 5.76. The lowest BCUT2D eigenvalue weighted by Gasteiger charge is -2.05. The molecule has 0 saturated carbocycles. The Labute approximate surface area is 138 Å². The summed E-state index contributed by atoms with van der Waals surface area (Å²) < 4.78 is 5.31. The average molecular weight is 328 g/mol. The van der Waals surface area contributed by atoms with Gasteiger partial charge in [-0.15, -0.1) is 0 Å². The molecule has 0 spiro atoms. The molecule has 8 nitrogen and oxygen atoms in total. The molecule has 124 valence electrons. The van der Waals surface area contributed by atoms with Crippen molar-refractivity contribution in [1.82, 2.24) is 5.43 Å². The van der Waals surface area contributed by atoms with Crippen LogP contribution in [0, 0.1) is 5.21 Å². The minimum atomic E-state index is -0.393. The molecule has 2 N–H and O–H groups in total. The van der Waals surface area contributed by atoms with Gasteiger partial charge in [0.1, 0.15) is 5.75 Å². The molecule has 1 amide bonds. The van der Waals surface area contributed by atoms with Crippen LogP contribution < -0.4 is 10.2 Å². The predicted molar refractivity (Wildman–Crippen MR) is 85.7 cm³/mol. The number of hydrogen-bond acceptors (Lipinski definition) is 5. The van der Waals surface area contributed by atoms with Gasteiger partial charge in [-0.2, -0.15) is 5.10 Å². The van der Waals surface area contributed by atoms with E-state index in [1.54, 1.807) is 24.3 Å². The molecule has 0 radical (unpaired) electrons. The third-order valence-corrected chi connectivity index (χ3v) is 2.91. The van der Waals surface area contributed by atoms with Crippen LogP contribution in [0.4, 0.5) is 0 Å². The van der Waals surface area contributed by atoms with E-state index in [0.717, 1.165) is 5.56 Å². The van der Waals surface area contributed by atoms with Gasteiger partial charge in [0.15, 0.2) is 11.9 Å². The van der Waals surface area contributed by atoms with E-state index < -0.39 is 5.91 Å². The molecule has 0 saturated heterocycles. The first-order valence-electron chi connectivity index (χ1n) is 7.06. The molecular formula is C16H16N4O4. The molecule has 0 heterocycles.